The Bertz CT molecular complexity index is 1870. The van der Waals surface area contributed by atoms with E-state index in [-0.39, 0.29) is 48.4 Å². The molecule has 0 aliphatic rings. The van der Waals surface area contributed by atoms with E-state index >= 15 is 0 Å². The number of hydrogen-bond acceptors (Lipinski definition) is 4. The van der Waals surface area contributed by atoms with Crippen LogP contribution in [0.25, 0.3) is 42.2 Å². The summed E-state index contributed by atoms with van der Waals surface area (Å²) < 4.78 is 2.66. The van der Waals surface area contributed by atoms with E-state index < -0.39 is 0 Å². The van der Waals surface area contributed by atoms with Crippen molar-refractivity contribution in [2.45, 2.75) is 107 Å². The molecule has 0 fully saturated rings. The summed E-state index contributed by atoms with van der Waals surface area (Å²) in [5, 5.41) is 15.1. The molecule has 2 aromatic heterocycles. The summed E-state index contributed by atoms with van der Waals surface area (Å²) in [6.07, 6.45) is 7.89. The molecule has 0 unspecified atom stereocenters. The topological polar surface area (TPSA) is 50.2 Å². The fraction of sp³-hybridized carbons (Fsp3) is 0.442. The smallest absolute Gasteiger partial charge is 0.162 e. The second-order valence-electron chi connectivity index (χ2n) is 14.6. The first kappa shape index (κ1) is 39.6. The number of nitrogens with zero attached hydrogens (tertiary/aromatic N) is 1. The molecule has 3 aromatic carbocycles. The quantitative estimate of drug-likeness (QED) is 0.0866. The molecule has 0 atom stereocenters. The zero-order valence-corrected chi connectivity index (χ0v) is 33.8. The number of ketones is 1. The number of rotatable bonds is 10. The second kappa shape index (κ2) is 16.7. The minimum absolute atomic E-state index is 0. The molecule has 5 heteroatoms. The summed E-state index contributed by atoms with van der Waals surface area (Å²) in [6.45, 7) is 21.5. The van der Waals surface area contributed by atoms with Crippen molar-refractivity contribution >= 4 is 48.1 Å². The minimum Gasteiger partial charge on any atom is -0.512 e. The van der Waals surface area contributed by atoms with Crippen LogP contribution in [0.3, 0.4) is 0 Å². The zero-order chi connectivity index (χ0) is 34.5. The van der Waals surface area contributed by atoms with Gasteiger partial charge < -0.3 is 5.11 Å². The van der Waals surface area contributed by atoms with Gasteiger partial charge in [-0.25, -0.2) is 0 Å². The van der Waals surface area contributed by atoms with Crippen molar-refractivity contribution in [3.05, 3.63) is 89.8 Å². The molecule has 0 saturated heterocycles. The molecule has 48 heavy (non-hydrogen) atoms. The van der Waals surface area contributed by atoms with E-state index in [1.807, 2.05) is 52.2 Å². The third kappa shape index (κ3) is 8.65. The van der Waals surface area contributed by atoms with Crippen LogP contribution in [0.15, 0.2) is 72.6 Å². The van der Waals surface area contributed by atoms with Crippen molar-refractivity contribution in [1.29, 1.82) is 0 Å². The molecule has 0 aliphatic heterocycles. The molecule has 0 aliphatic carbocycles. The van der Waals surface area contributed by atoms with E-state index in [2.05, 4.69) is 95.3 Å². The second-order valence-corrected chi connectivity index (χ2v) is 15.7. The molecule has 0 saturated carbocycles. The number of benzene rings is 3. The number of hydrogen-bond donors (Lipinski definition) is 1. The van der Waals surface area contributed by atoms with E-state index in [4.69, 9.17) is 4.98 Å². The fourth-order valence-corrected chi connectivity index (χ4v) is 7.61. The van der Waals surface area contributed by atoms with Gasteiger partial charge in [0.25, 0.3) is 0 Å². The Morgan fingerprint density at radius 2 is 1.52 bits per heavy atom. The van der Waals surface area contributed by atoms with Crippen LogP contribution in [0, 0.1) is 23.3 Å². The van der Waals surface area contributed by atoms with E-state index in [1.165, 1.54) is 42.8 Å². The summed E-state index contributed by atoms with van der Waals surface area (Å²) in [4.78, 5) is 16.7. The van der Waals surface area contributed by atoms with Crippen molar-refractivity contribution in [1.82, 2.24) is 4.98 Å². The summed E-state index contributed by atoms with van der Waals surface area (Å²) >= 11 is 1.89. The van der Waals surface area contributed by atoms with E-state index in [1.54, 1.807) is 0 Å². The predicted octanol–water partition coefficient (Wildman–Crippen LogP) is 12.8. The first-order valence-electron chi connectivity index (χ1n) is 17.5. The first-order chi connectivity index (χ1) is 22.3. The van der Waals surface area contributed by atoms with Crippen molar-refractivity contribution in [2.75, 3.05) is 0 Å². The van der Waals surface area contributed by atoms with Crippen LogP contribution in [0.2, 0.25) is 0 Å². The van der Waals surface area contributed by atoms with Crippen LogP contribution in [0.4, 0.5) is 0 Å². The number of aromatic nitrogens is 1. The Balaban J connectivity index is 0.000000316. The first-order valence-corrected chi connectivity index (χ1v) is 18.3. The van der Waals surface area contributed by atoms with Crippen LogP contribution in [-0.2, 0) is 36.7 Å². The predicted molar refractivity (Wildman–Crippen MR) is 205 cm³/mol. The standard InChI is InChI=1S/C29H28NS.C14H26O2.Ir/c1-18(2)15-20-10-8-12-23-24-13-14-30-26(28(24)31-27(20)23)21-16-19-9-6-7-11-22(19)25(17-21)29(3,4)5;1-6-11(7-2)12(15)10-13(16)14(5,8-3)9-4;/h6-14,17-18H,15H2,1-5H3;10-11,16H,6-9H2,1-5H3;/q-1;;/b;13-10-;. The Labute approximate surface area is 306 Å². The van der Waals surface area contributed by atoms with Crippen molar-refractivity contribution in [2.24, 2.45) is 17.3 Å². The monoisotopic (exact) mass is 841 g/mol. The number of pyridine rings is 1. The molecule has 2 heterocycles. The number of fused-ring (bicyclic) bond motifs is 4. The summed E-state index contributed by atoms with van der Waals surface area (Å²) in [5.41, 5.74) is 4.72. The van der Waals surface area contributed by atoms with Gasteiger partial charge in [0, 0.05) is 64.2 Å². The van der Waals surface area contributed by atoms with Crippen molar-refractivity contribution in [3.63, 3.8) is 0 Å². The Hall–Kier alpha value is -2.85. The van der Waals surface area contributed by atoms with Crippen LogP contribution in [0.5, 0.6) is 0 Å². The molecular weight excluding hydrogens is 787 g/mol. The maximum Gasteiger partial charge on any atom is 0.162 e. The number of allylic oxidation sites excluding steroid dienone is 2. The summed E-state index contributed by atoms with van der Waals surface area (Å²) in [6, 6.07) is 23.5. The molecule has 259 valence electrons. The van der Waals surface area contributed by atoms with Gasteiger partial charge in [0.05, 0.1) is 0 Å². The Morgan fingerprint density at radius 1 is 0.896 bits per heavy atom. The van der Waals surface area contributed by atoms with Gasteiger partial charge in [0.15, 0.2) is 5.78 Å². The number of carbonyl (C=O) groups excluding carboxylic acids is 1. The molecule has 0 bridgehead atoms. The molecular formula is C43H54IrNO2S-. The average Bonchev–Trinajstić information content (AvgIpc) is 3.44. The van der Waals surface area contributed by atoms with Crippen molar-refractivity contribution < 1.29 is 30.0 Å². The molecule has 5 rings (SSSR count). The van der Waals surface area contributed by atoms with Crippen LogP contribution in [0.1, 0.15) is 106 Å². The molecule has 1 N–H and O–H groups in total. The number of aliphatic hydroxyl groups excluding tert-OH is 1. The van der Waals surface area contributed by atoms with Gasteiger partial charge in [-0.05, 0) is 60.5 Å². The van der Waals surface area contributed by atoms with E-state index in [0.717, 1.165) is 48.7 Å². The molecule has 3 nitrogen and oxygen atoms in total. The maximum atomic E-state index is 11.9. The van der Waals surface area contributed by atoms with Gasteiger partial charge in [0.1, 0.15) is 5.76 Å². The van der Waals surface area contributed by atoms with Gasteiger partial charge in [-0.15, -0.1) is 40.5 Å². The summed E-state index contributed by atoms with van der Waals surface area (Å²) in [5.74, 6) is 1.00. The summed E-state index contributed by atoms with van der Waals surface area (Å²) in [7, 11) is 0. The fourth-order valence-electron chi connectivity index (χ4n) is 6.28. The van der Waals surface area contributed by atoms with Crippen LogP contribution in [-0.4, -0.2) is 15.9 Å². The van der Waals surface area contributed by atoms with Gasteiger partial charge in [0.2, 0.25) is 0 Å². The van der Waals surface area contributed by atoms with Gasteiger partial charge in [-0.2, -0.15) is 0 Å². The number of thiophene rings is 1. The van der Waals surface area contributed by atoms with E-state index in [9.17, 15) is 9.90 Å². The van der Waals surface area contributed by atoms with Crippen LogP contribution >= 0.6 is 11.3 Å². The average molecular weight is 841 g/mol. The van der Waals surface area contributed by atoms with Crippen molar-refractivity contribution in [3.8, 4) is 11.3 Å². The third-order valence-corrected chi connectivity index (χ3v) is 11.1. The normalized spacial score (nSPS) is 12.5. The SMILES string of the molecule is CC(C)Cc1cccc2c1sc1c(-c3[c-]c4ccccc4c(C(C)(C)C)c3)nccc12.CCC(CC)C(=O)/C=C(\O)C(C)(CC)CC.[Ir]. The minimum atomic E-state index is -0.248. The molecule has 5 aromatic rings. The van der Waals surface area contributed by atoms with Gasteiger partial charge >= 0.3 is 0 Å². The molecule has 1 radical (unpaired) electrons. The molecule has 0 spiro atoms. The van der Waals surface area contributed by atoms with E-state index in [0.29, 0.717) is 5.92 Å². The maximum absolute atomic E-state index is 11.9. The van der Waals surface area contributed by atoms with Crippen LogP contribution < -0.4 is 0 Å². The largest absolute Gasteiger partial charge is 0.512 e. The van der Waals surface area contributed by atoms with Gasteiger partial charge in [-0.1, -0.05) is 117 Å². The number of aliphatic hydroxyl groups is 1. The zero-order valence-electron chi connectivity index (χ0n) is 30.6. The third-order valence-electron chi connectivity index (χ3n) is 9.81. The Kier molecular flexibility index (Phi) is 13.8. The number of carbonyl (C=O) groups is 1. The molecule has 0 amide bonds. The Morgan fingerprint density at radius 3 is 2.12 bits per heavy atom. The van der Waals surface area contributed by atoms with Gasteiger partial charge in [-0.3, -0.25) is 9.78 Å².